The number of carbonyl (C=O) groups is 1. The molecular weight excluding hydrogens is 296 g/mol. The number of piperazine rings is 1. The van der Waals surface area contributed by atoms with Crippen molar-refractivity contribution in [3.63, 3.8) is 0 Å². The Hall–Kier alpha value is -1.92. The van der Waals surface area contributed by atoms with Crippen molar-refractivity contribution in [3.8, 4) is 10.6 Å². The molecule has 1 fully saturated rings. The molecule has 2 aromatic rings. The van der Waals surface area contributed by atoms with Gasteiger partial charge in [-0.05, 0) is 19.2 Å². The highest BCUT2D eigenvalue weighted by atomic mass is 32.1. The molecule has 3 rings (SSSR count). The van der Waals surface area contributed by atoms with Gasteiger partial charge in [0.25, 0.3) is 0 Å². The molecule has 1 aromatic carbocycles. The van der Waals surface area contributed by atoms with Crippen molar-refractivity contribution in [3.05, 3.63) is 35.3 Å². The van der Waals surface area contributed by atoms with Crippen molar-refractivity contribution < 1.29 is 4.79 Å². The average Bonchev–Trinajstić information content (AvgIpc) is 2.96. The Morgan fingerprint density at radius 1 is 1.27 bits per heavy atom. The summed E-state index contributed by atoms with van der Waals surface area (Å²) in [6.07, 6.45) is 0.368. The van der Waals surface area contributed by atoms with Crippen LogP contribution in [0, 0.1) is 0 Å². The lowest BCUT2D eigenvalue weighted by molar-refractivity contribution is -0.132. The Kier molecular flexibility index (Phi) is 4.40. The first-order chi connectivity index (χ1) is 10.6. The minimum Gasteiger partial charge on any atom is -0.398 e. The molecule has 116 valence electrons. The predicted molar refractivity (Wildman–Crippen MR) is 89.7 cm³/mol. The smallest absolute Gasteiger partial charge is 0.228 e. The largest absolute Gasteiger partial charge is 0.398 e. The monoisotopic (exact) mass is 316 g/mol. The summed E-state index contributed by atoms with van der Waals surface area (Å²) in [6.45, 7) is 3.49. The second-order valence-electron chi connectivity index (χ2n) is 5.59. The molecule has 6 heteroatoms. The Morgan fingerprint density at radius 3 is 2.73 bits per heavy atom. The van der Waals surface area contributed by atoms with Gasteiger partial charge in [0.2, 0.25) is 5.91 Å². The van der Waals surface area contributed by atoms with Gasteiger partial charge in [0, 0.05) is 42.8 Å². The third kappa shape index (κ3) is 3.28. The summed E-state index contributed by atoms with van der Waals surface area (Å²) in [5.41, 5.74) is 8.46. The molecule has 0 spiro atoms. The topological polar surface area (TPSA) is 62.5 Å². The number of likely N-dealkylation sites (N-methyl/N-ethyl adjacent to an activating group) is 1. The van der Waals surface area contributed by atoms with Crippen LogP contribution in [-0.2, 0) is 11.2 Å². The van der Waals surface area contributed by atoms with E-state index in [9.17, 15) is 4.79 Å². The highest BCUT2D eigenvalue weighted by molar-refractivity contribution is 7.13. The molecule has 2 heterocycles. The first-order valence-corrected chi connectivity index (χ1v) is 8.27. The summed E-state index contributed by atoms with van der Waals surface area (Å²) in [5.74, 6) is 0.158. The Bertz CT molecular complexity index is 662. The zero-order chi connectivity index (χ0) is 15.5. The van der Waals surface area contributed by atoms with Crippen LogP contribution in [-0.4, -0.2) is 53.9 Å². The van der Waals surface area contributed by atoms with Crippen LogP contribution in [0.15, 0.2) is 29.6 Å². The first-order valence-electron chi connectivity index (χ1n) is 7.39. The maximum absolute atomic E-state index is 12.3. The minimum absolute atomic E-state index is 0.158. The second-order valence-corrected chi connectivity index (χ2v) is 6.45. The number of para-hydroxylation sites is 1. The number of carbonyl (C=O) groups excluding carboxylic acids is 1. The van der Waals surface area contributed by atoms with E-state index in [1.165, 1.54) is 11.3 Å². The molecule has 1 aliphatic rings. The van der Waals surface area contributed by atoms with Crippen LogP contribution in [0.2, 0.25) is 0 Å². The van der Waals surface area contributed by atoms with E-state index < -0.39 is 0 Å². The maximum Gasteiger partial charge on any atom is 0.228 e. The molecule has 1 aromatic heterocycles. The minimum atomic E-state index is 0.158. The van der Waals surface area contributed by atoms with Crippen LogP contribution in [0.25, 0.3) is 10.6 Å². The Labute approximate surface area is 134 Å². The number of thiazole rings is 1. The molecule has 0 atom stereocenters. The number of amides is 1. The number of aromatic nitrogens is 1. The van der Waals surface area contributed by atoms with Crippen LogP contribution < -0.4 is 5.73 Å². The molecule has 0 radical (unpaired) electrons. The van der Waals surface area contributed by atoms with Gasteiger partial charge in [0.15, 0.2) is 0 Å². The fourth-order valence-electron chi connectivity index (χ4n) is 2.53. The summed E-state index contributed by atoms with van der Waals surface area (Å²) in [7, 11) is 2.08. The molecule has 2 N–H and O–H groups in total. The van der Waals surface area contributed by atoms with Gasteiger partial charge in [0.05, 0.1) is 12.1 Å². The maximum atomic E-state index is 12.3. The number of nitrogen functional groups attached to an aromatic ring is 1. The predicted octanol–water partition coefficient (Wildman–Crippen LogP) is 1.71. The van der Waals surface area contributed by atoms with Crippen molar-refractivity contribution in [2.45, 2.75) is 6.42 Å². The molecule has 0 aliphatic carbocycles. The third-order valence-electron chi connectivity index (χ3n) is 3.93. The molecule has 0 bridgehead atoms. The van der Waals surface area contributed by atoms with Gasteiger partial charge in [-0.3, -0.25) is 4.79 Å². The summed E-state index contributed by atoms with van der Waals surface area (Å²) in [6, 6.07) is 7.68. The van der Waals surface area contributed by atoms with Gasteiger partial charge < -0.3 is 15.5 Å². The number of benzene rings is 1. The lowest BCUT2D eigenvalue weighted by atomic mass is 10.2. The van der Waals surface area contributed by atoms with E-state index in [-0.39, 0.29) is 5.91 Å². The summed E-state index contributed by atoms with van der Waals surface area (Å²) in [5, 5.41) is 2.83. The van der Waals surface area contributed by atoms with Crippen LogP contribution in [0.3, 0.4) is 0 Å². The zero-order valence-electron chi connectivity index (χ0n) is 12.7. The molecule has 1 amide bonds. The number of nitrogens with two attached hydrogens (primary N) is 1. The molecule has 0 unspecified atom stereocenters. The quantitative estimate of drug-likeness (QED) is 0.876. The van der Waals surface area contributed by atoms with Crippen LogP contribution >= 0.6 is 11.3 Å². The highest BCUT2D eigenvalue weighted by Crippen LogP contribution is 2.28. The van der Waals surface area contributed by atoms with Gasteiger partial charge in [0.1, 0.15) is 5.01 Å². The van der Waals surface area contributed by atoms with Gasteiger partial charge in [-0.15, -0.1) is 11.3 Å². The number of anilines is 1. The van der Waals surface area contributed by atoms with Crippen LogP contribution in [0.5, 0.6) is 0 Å². The highest BCUT2D eigenvalue weighted by Gasteiger charge is 2.20. The molecular formula is C16H20N4OS. The number of rotatable bonds is 3. The van der Waals surface area contributed by atoms with Gasteiger partial charge in [-0.1, -0.05) is 12.1 Å². The fourth-order valence-corrected chi connectivity index (χ4v) is 3.39. The van der Waals surface area contributed by atoms with Crippen LogP contribution in [0.1, 0.15) is 5.69 Å². The number of hydrogen-bond donors (Lipinski definition) is 1. The molecule has 5 nitrogen and oxygen atoms in total. The van der Waals surface area contributed by atoms with Gasteiger partial charge >= 0.3 is 0 Å². The second kappa shape index (κ2) is 6.46. The van der Waals surface area contributed by atoms with Crippen molar-refractivity contribution in [1.82, 2.24) is 14.8 Å². The number of nitrogens with zero attached hydrogens (tertiary/aromatic N) is 3. The first kappa shape index (κ1) is 15.0. The van der Waals surface area contributed by atoms with Gasteiger partial charge in [-0.2, -0.15) is 0 Å². The van der Waals surface area contributed by atoms with E-state index in [1.807, 2.05) is 34.5 Å². The summed E-state index contributed by atoms with van der Waals surface area (Å²) in [4.78, 5) is 21.1. The van der Waals surface area contributed by atoms with Crippen LogP contribution in [0.4, 0.5) is 5.69 Å². The van der Waals surface area contributed by atoms with E-state index in [1.54, 1.807) is 0 Å². The van der Waals surface area contributed by atoms with Crippen molar-refractivity contribution >= 4 is 22.9 Å². The lowest BCUT2D eigenvalue weighted by Gasteiger charge is -2.32. The Balaban J connectivity index is 1.67. The molecule has 1 aliphatic heterocycles. The number of hydrogen-bond acceptors (Lipinski definition) is 5. The standard InChI is InChI=1S/C16H20N4OS/c1-19-6-8-20(9-7-19)15(21)10-12-11-22-16(18-12)13-4-2-3-5-14(13)17/h2-5,11H,6-10,17H2,1H3. The zero-order valence-corrected chi connectivity index (χ0v) is 13.5. The van der Waals surface area contributed by atoms with E-state index in [0.717, 1.165) is 42.4 Å². The van der Waals surface area contributed by atoms with E-state index in [0.29, 0.717) is 12.1 Å². The van der Waals surface area contributed by atoms with Crippen molar-refractivity contribution in [1.29, 1.82) is 0 Å². The third-order valence-corrected chi connectivity index (χ3v) is 4.86. The lowest BCUT2D eigenvalue weighted by Crippen LogP contribution is -2.47. The average molecular weight is 316 g/mol. The van der Waals surface area contributed by atoms with Crippen molar-refractivity contribution in [2.24, 2.45) is 0 Å². The van der Waals surface area contributed by atoms with Gasteiger partial charge in [-0.25, -0.2) is 4.98 Å². The SMILES string of the molecule is CN1CCN(C(=O)Cc2csc(-c3ccccc3N)n2)CC1. The molecule has 22 heavy (non-hydrogen) atoms. The summed E-state index contributed by atoms with van der Waals surface area (Å²) < 4.78 is 0. The summed E-state index contributed by atoms with van der Waals surface area (Å²) >= 11 is 1.54. The van der Waals surface area contributed by atoms with Crippen molar-refractivity contribution in [2.75, 3.05) is 39.0 Å². The van der Waals surface area contributed by atoms with E-state index in [2.05, 4.69) is 16.9 Å². The Morgan fingerprint density at radius 2 is 2.00 bits per heavy atom. The molecule has 0 saturated carbocycles. The fraction of sp³-hybridized carbons (Fsp3) is 0.375. The normalized spacial score (nSPS) is 16.0. The molecule has 1 saturated heterocycles. The van der Waals surface area contributed by atoms with E-state index >= 15 is 0 Å². The van der Waals surface area contributed by atoms with E-state index in [4.69, 9.17) is 5.73 Å².